The molecule has 4 aliphatic rings. The number of halogens is 1. The number of fused-ring (bicyclic) bond motifs is 5. The summed E-state index contributed by atoms with van der Waals surface area (Å²) in [5, 5.41) is 0. The molecule has 1 heteroatoms. The highest BCUT2D eigenvalue weighted by Crippen LogP contribution is 2.67. The maximum absolute atomic E-state index is 6.13. The zero-order chi connectivity index (χ0) is 15.4. The molecule has 0 saturated heterocycles. The van der Waals surface area contributed by atoms with Crippen LogP contribution in [0.1, 0.15) is 84.5 Å². The van der Waals surface area contributed by atoms with E-state index in [4.69, 9.17) is 11.6 Å². The van der Waals surface area contributed by atoms with Gasteiger partial charge >= 0.3 is 0 Å². The van der Waals surface area contributed by atoms with Crippen molar-refractivity contribution in [2.24, 2.45) is 40.4 Å². The Hall–Kier alpha value is 0.290. The van der Waals surface area contributed by atoms with E-state index in [2.05, 4.69) is 13.8 Å². The summed E-state index contributed by atoms with van der Waals surface area (Å²) in [7, 11) is 0. The summed E-state index contributed by atoms with van der Waals surface area (Å²) in [4.78, 5) is 0. The van der Waals surface area contributed by atoms with Crippen LogP contribution in [0, 0.1) is 40.4 Å². The van der Waals surface area contributed by atoms with Crippen LogP contribution in [-0.2, 0) is 0 Å². The first kappa shape index (κ1) is 15.8. The molecule has 0 aromatic heterocycles. The van der Waals surface area contributed by atoms with Crippen molar-refractivity contribution in [3.05, 3.63) is 0 Å². The van der Waals surface area contributed by atoms with Gasteiger partial charge in [0.2, 0.25) is 0 Å². The van der Waals surface area contributed by atoms with E-state index in [1.807, 2.05) is 0 Å². The molecule has 0 aromatic rings. The third-order valence-electron chi connectivity index (χ3n) is 9.24. The SMILES string of the molecule is C[C@]12CC[C@H]3[C@@H](CCC4CCCC[C@@]43C)[C@@H]1CC[C@@H]2CCCl. The number of alkyl halides is 1. The zero-order valence-corrected chi connectivity index (χ0v) is 15.5. The molecule has 126 valence electrons. The Kier molecular flexibility index (Phi) is 4.08. The smallest absolute Gasteiger partial charge is 0.0226 e. The molecular weight excluding hydrogens is 288 g/mol. The highest BCUT2D eigenvalue weighted by atomic mass is 35.5. The summed E-state index contributed by atoms with van der Waals surface area (Å²) >= 11 is 6.13. The van der Waals surface area contributed by atoms with E-state index in [-0.39, 0.29) is 0 Å². The van der Waals surface area contributed by atoms with Gasteiger partial charge in [0, 0.05) is 5.88 Å². The van der Waals surface area contributed by atoms with Crippen LogP contribution < -0.4 is 0 Å². The van der Waals surface area contributed by atoms with Gasteiger partial charge in [-0.1, -0.05) is 26.7 Å². The lowest BCUT2D eigenvalue weighted by Crippen LogP contribution is -2.52. The average molecular weight is 323 g/mol. The van der Waals surface area contributed by atoms with E-state index in [9.17, 15) is 0 Å². The Morgan fingerprint density at radius 3 is 2.45 bits per heavy atom. The van der Waals surface area contributed by atoms with Crippen LogP contribution in [-0.4, -0.2) is 5.88 Å². The van der Waals surface area contributed by atoms with Crippen molar-refractivity contribution < 1.29 is 0 Å². The molecule has 0 radical (unpaired) electrons. The summed E-state index contributed by atoms with van der Waals surface area (Å²) in [6.07, 6.45) is 16.5. The predicted molar refractivity (Wildman–Crippen MR) is 95.2 cm³/mol. The minimum atomic E-state index is 0.633. The molecule has 0 spiro atoms. The van der Waals surface area contributed by atoms with E-state index >= 15 is 0 Å². The maximum atomic E-state index is 6.13. The van der Waals surface area contributed by atoms with Crippen molar-refractivity contribution in [3.8, 4) is 0 Å². The van der Waals surface area contributed by atoms with Crippen LogP contribution in [0.15, 0.2) is 0 Å². The second-order valence-electron chi connectivity index (χ2n) is 9.70. The lowest BCUT2D eigenvalue weighted by Gasteiger charge is -2.60. The summed E-state index contributed by atoms with van der Waals surface area (Å²) in [6, 6.07) is 0. The Bertz CT molecular complexity index is 418. The second kappa shape index (κ2) is 5.68. The molecule has 0 bridgehead atoms. The minimum absolute atomic E-state index is 0.633. The van der Waals surface area contributed by atoms with E-state index in [1.54, 1.807) is 12.8 Å². The van der Waals surface area contributed by atoms with Gasteiger partial charge in [0.15, 0.2) is 0 Å². The fourth-order valence-electron chi connectivity index (χ4n) is 8.01. The summed E-state index contributed by atoms with van der Waals surface area (Å²) in [6.45, 7) is 5.34. The standard InChI is InChI=1S/C21H35Cl/c1-20-12-4-3-5-15(20)6-8-17-18-9-7-16(11-14-22)21(18,2)13-10-19(17)20/h15-19H,3-14H2,1-2H3/t15?,16-,17+,18+,19+,20+,21-/m1/s1. The van der Waals surface area contributed by atoms with Crippen molar-refractivity contribution in [1.82, 2.24) is 0 Å². The van der Waals surface area contributed by atoms with Crippen LogP contribution in [0.2, 0.25) is 0 Å². The third-order valence-corrected chi connectivity index (χ3v) is 9.46. The van der Waals surface area contributed by atoms with Gasteiger partial charge in [-0.15, -0.1) is 11.6 Å². The molecule has 4 rings (SSSR count). The molecule has 4 saturated carbocycles. The zero-order valence-electron chi connectivity index (χ0n) is 14.7. The molecule has 0 heterocycles. The Labute approximate surface area is 142 Å². The van der Waals surface area contributed by atoms with Crippen molar-refractivity contribution in [2.75, 3.05) is 5.88 Å². The monoisotopic (exact) mass is 322 g/mol. The highest BCUT2D eigenvalue weighted by Gasteiger charge is 2.59. The van der Waals surface area contributed by atoms with Gasteiger partial charge < -0.3 is 0 Å². The molecular formula is C21H35Cl. The van der Waals surface area contributed by atoms with Gasteiger partial charge in [-0.05, 0) is 98.2 Å². The van der Waals surface area contributed by atoms with Gasteiger partial charge in [-0.25, -0.2) is 0 Å². The highest BCUT2D eigenvalue weighted by molar-refractivity contribution is 6.17. The average Bonchev–Trinajstić information content (AvgIpc) is 2.84. The van der Waals surface area contributed by atoms with Crippen LogP contribution >= 0.6 is 11.6 Å². The predicted octanol–water partition coefficient (Wildman–Crippen LogP) is 6.66. The molecule has 4 aliphatic carbocycles. The van der Waals surface area contributed by atoms with E-state index in [1.165, 1.54) is 57.8 Å². The number of hydrogen-bond donors (Lipinski definition) is 0. The van der Waals surface area contributed by atoms with Crippen molar-refractivity contribution >= 4 is 11.6 Å². The van der Waals surface area contributed by atoms with E-state index in [0.717, 1.165) is 35.5 Å². The minimum Gasteiger partial charge on any atom is -0.127 e. The molecule has 0 N–H and O–H groups in total. The fraction of sp³-hybridized carbons (Fsp3) is 1.00. The van der Waals surface area contributed by atoms with Gasteiger partial charge in [-0.2, -0.15) is 0 Å². The van der Waals surface area contributed by atoms with Gasteiger partial charge in [0.25, 0.3) is 0 Å². The Morgan fingerprint density at radius 1 is 0.818 bits per heavy atom. The van der Waals surface area contributed by atoms with E-state index in [0.29, 0.717) is 10.8 Å². The molecule has 0 nitrogen and oxygen atoms in total. The summed E-state index contributed by atoms with van der Waals surface area (Å²) in [5.41, 5.74) is 1.33. The lowest BCUT2D eigenvalue weighted by atomic mass is 9.45. The third kappa shape index (κ3) is 2.15. The second-order valence-corrected chi connectivity index (χ2v) is 10.1. The van der Waals surface area contributed by atoms with Crippen LogP contribution in [0.3, 0.4) is 0 Å². The fourth-order valence-corrected chi connectivity index (χ4v) is 8.27. The first-order valence-corrected chi connectivity index (χ1v) is 10.7. The molecule has 4 fully saturated rings. The molecule has 0 aliphatic heterocycles. The number of hydrogen-bond acceptors (Lipinski definition) is 0. The summed E-state index contributed by atoms with van der Waals surface area (Å²) < 4.78 is 0. The number of rotatable bonds is 2. The first-order chi connectivity index (χ1) is 10.6. The molecule has 0 amide bonds. The van der Waals surface area contributed by atoms with Gasteiger partial charge in [-0.3, -0.25) is 0 Å². The molecule has 0 aromatic carbocycles. The Balaban J connectivity index is 1.59. The van der Waals surface area contributed by atoms with Crippen molar-refractivity contribution in [1.29, 1.82) is 0 Å². The van der Waals surface area contributed by atoms with Gasteiger partial charge in [0.1, 0.15) is 0 Å². The molecule has 1 unspecified atom stereocenters. The van der Waals surface area contributed by atoms with Crippen LogP contribution in [0.4, 0.5) is 0 Å². The van der Waals surface area contributed by atoms with Crippen molar-refractivity contribution in [2.45, 2.75) is 84.5 Å². The normalized spacial score (nSPS) is 54.4. The quantitative estimate of drug-likeness (QED) is 0.498. The maximum Gasteiger partial charge on any atom is 0.0226 e. The summed E-state index contributed by atoms with van der Waals surface area (Å²) in [5.74, 6) is 6.00. The molecule has 22 heavy (non-hydrogen) atoms. The largest absolute Gasteiger partial charge is 0.127 e. The molecule has 7 atom stereocenters. The van der Waals surface area contributed by atoms with E-state index < -0.39 is 0 Å². The Morgan fingerprint density at radius 2 is 1.64 bits per heavy atom. The topological polar surface area (TPSA) is 0 Å². The lowest BCUT2D eigenvalue weighted by molar-refractivity contribution is -0.110. The first-order valence-electron chi connectivity index (χ1n) is 10.2. The van der Waals surface area contributed by atoms with Crippen molar-refractivity contribution in [3.63, 3.8) is 0 Å². The van der Waals surface area contributed by atoms with Crippen LogP contribution in [0.5, 0.6) is 0 Å². The van der Waals surface area contributed by atoms with Crippen LogP contribution in [0.25, 0.3) is 0 Å². The van der Waals surface area contributed by atoms with Gasteiger partial charge in [0.05, 0.1) is 0 Å².